The Labute approximate surface area is 152 Å². The molecule has 1 amide bonds. The van der Waals surface area contributed by atoms with Gasteiger partial charge in [0.25, 0.3) is 0 Å². The molecular formula is C20H20N4O2. The Bertz CT molecular complexity index is 884. The molecule has 132 valence electrons. The van der Waals surface area contributed by atoms with Crippen molar-refractivity contribution < 1.29 is 9.90 Å². The van der Waals surface area contributed by atoms with Gasteiger partial charge in [0, 0.05) is 30.8 Å². The third-order valence-electron chi connectivity index (χ3n) is 3.81. The van der Waals surface area contributed by atoms with Crippen LogP contribution in [0.1, 0.15) is 18.6 Å². The minimum atomic E-state index is -0.627. The number of hydrogen-bond donors (Lipinski definition) is 3. The van der Waals surface area contributed by atoms with Gasteiger partial charge < -0.3 is 15.7 Å². The molecule has 3 aromatic rings. The number of aromatic nitrogens is 2. The summed E-state index contributed by atoms with van der Waals surface area (Å²) in [6.07, 6.45) is 0.843. The maximum Gasteiger partial charge on any atom is 0.221 e. The van der Waals surface area contributed by atoms with Gasteiger partial charge in [0.05, 0.1) is 11.8 Å². The van der Waals surface area contributed by atoms with Crippen molar-refractivity contribution in [2.24, 2.45) is 0 Å². The minimum Gasteiger partial charge on any atom is -0.387 e. The van der Waals surface area contributed by atoms with E-state index in [1.165, 1.54) is 13.3 Å². The number of amides is 1. The van der Waals surface area contributed by atoms with Gasteiger partial charge in [0.1, 0.15) is 12.1 Å². The average Bonchev–Trinajstić information content (AvgIpc) is 2.67. The van der Waals surface area contributed by atoms with Crippen molar-refractivity contribution in [2.45, 2.75) is 13.0 Å². The molecule has 0 bridgehead atoms. The lowest BCUT2D eigenvalue weighted by Gasteiger charge is -2.13. The van der Waals surface area contributed by atoms with Crippen LogP contribution in [0.3, 0.4) is 0 Å². The van der Waals surface area contributed by atoms with E-state index >= 15 is 0 Å². The first-order chi connectivity index (χ1) is 12.6. The van der Waals surface area contributed by atoms with E-state index in [9.17, 15) is 9.90 Å². The molecule has 1 aromatic heterocycles. The fraction of sp³-hybridized carbons (Fsp3) is 0.150. The first-order valence-corrected chi connectivity index (χ1v) is 8.29. The van der Waals surface area contributed by atoms with Crippen molar-refractivity contribution in [3.05, 3.63) is 72.6 Å². The van der Waals surface area contributed by atoms with Crippen LogP contribution in [0.5, 0.6) is 0 Å². The van der Waals surface area contributed by atoms with Crippen molar-refractivity contribution in [3.8, 4) is 11.3 Å². The maximum atomic E-state index is 11.2. The van der Waals surface area contributed by atoms with Gasteiger partial charge in [-0.2, -0.15) is 0 Å². The van der Waals surface area contributed by atoms with Crippen molar-refractivity contribution in [2.75, 3.05) is 17.2 Å². The normalized spacial score (nSPS) is 11.6. The van der Waals surface area contributed by atoms with Gasteiger partial charge >= 0.3 is 0 Å². The SMILES string of the molecule is CC(=O)Nc1cccc(-c2cc(NCC(O)c3ccccc3)ncn2)c1. The number of nitrogens with zero attached hydrogens (tertiary/aromatic N) is 2. The fourth-order valence-electron chi connectivity index (χ4n) is 2.57. The molecule has 0 fully saturated rings. The van der Waals surface area contributed by atoms with Crippen molar-refractivity contribution in [3.63, 3.8) is 0 Å². The van der Waals surface area contributed by atoms with Gasteiger partial charge in [-0.15, -0.1) is 0 Å². The van der Waals surface area contributed by atoms with Crippen molar-refractivity contribution in [1.29, 1.82) is 0 Å². The maximum absolute atomic E-state index is 11.2. The number of carbonyl (C=O) groups excluding carboxylic acids is 1. The van der Waals surface area contributed by atoms with Crippen molar-refractivity contribution in [1.82, 2.24) is 9.97 Å². The van der Waals surface area contributed by atoms with Gasteiger partial charge in [-0.1, -0.05) is 42.5 Å². The van der Waals surface area contributed by atoms with E-state index in [0.29, 0.717) is 18.1 Å². The van der Waals surface area contributed by atoms with Gasteiger partial charge in [0.2, 0.25) is 5.91 Å². The highest BCUT2D eigenvalue weighted by atomic mass is 16.3. The predicted octanol–water partition coefficient (Wildman–Crippen LogP) is 3.25. The molecule has 0 aliphatic rings. The second kappa shape index (κ2) is 8.22. The van der Waals surface area contributed by atoms with E-state index in [1.807, 2.05) is 60.7 Å². The van der Waals surface area contributed by atoms with Crippen molar-refractivity contribution >= 4 is 17.4 Å². The topological polar surface area (TPSA) is 87.1 Å². The molecule has 2 aromatic carbocycles. The summed E-state index contributed by atoms with van der Waals surface area (Å²) in [5.41, 5.74) is 3.15. The zero-order valence-electron chi connectivity index (χ0n) is 14.4. The Kier molecular flexibility index (Phi) is 5.56. The Hall–Kier alpha value is -3.25. The van der Waals surface area contributed by atoms with Gasteiger partial charge in [-0.05, 0) is 17.7 Å². The van der Waals surface area contributed by atoms with E-state index in [1.54, 1.807) is 0 Å². The van der Waals surface area contributed by atoms with E-state index in [2.05, 4.69) is 20.6 Å². The summed E-state index contributed by atoms with van der Waals surface area (Å²) >= 11 is 0. The molecule has 0 aliphatic heterocycles. The Morgan fingerprint density at radius 3 is 2.65 bits per heavy atom. The second-order valence-electron chi connectivity index (χ2n) is 5.86. The molecule has 6 heteroatoms. The Balaban J connectivity index is 1.71. The molecule has 0 aliphatic carbocycles. The zero-order valence-corrected chi connectivity index (χ0v) is 14.4. The monoisotopic (exact) mass is 348 g/mol. The fourth-order valence-corrected chi connectivity index (χ4v) is 2.57. The molecule has 1 unspecified atom stereocenters. The summed E-state index contributed by atoms with van der Waals surface area (Å²) in [4.78, 5) is 19.7. The molecule has 0 saturated heterocycles. The summed E-state index contributed by atoms with van der Waals surface area (Å²) in [6.45, 7) is 1.81. The number of hydrogen-bond acceptors (Lipinski definition) is 5. The Morgan fingerprint density at radius 1 is 1.08 bits per heavy atom. The van der Waals surface area contributed by atoms with Crippen LogP contribution >= 0.6 is 0 Å². The lowest BCUT2D eigenvalue weighted by molar-refractivity contribution is -0.114. The first-order valence-electron chi connectivity index (χ1n) is 8.29. The highest BCUT2D eigenvalue weighted by molar-refractivity contribution is 5.89. The van der Waals surface area contributed by atoms with E-state index in [4.69, 9.17) is 0 Å². The summed E-state index contributed by atoms with van der Waals surface area (Å²) in [7, 11) is 0. The average molecular weight is 348 g/mol. The molecule has 0 saturated carbocycles. The highest BCUT2D eigenvalue weighted by Gasteiger charge is 2.08. The second-order valence-corrected chi connectivity index (χ2v) is 5.86. The molecule has 1 heterocycles. The molecule has 0 radical (unpaired) electrons. The molecule has 1 atom stereocenters. The third kappa shape index (κ3) is 4.64. The standard InChI is InChI=1S/C20H20N4O2/c1-14(25)24-17-9-5-8-16(10-17)18-11-20(23-13-22-18)21-12-19(26)15-6-3-2-4-7-15/h2-11,13,19,26H,12H2,1H3,(H,24,25)(H,21,22,23). The van der Waals surface area contributed by atoms with Gasteiger partial charge in [-0.25, -0.2) is 9.97 Å². The van der Waals surface area contributed by atoms with Crippen LogP contribution in [0.2, 0.25) is 0 Å². The van der Waals surface area contributed by atoms with E-state index in [-0.39, 0.29) is 5.91 Å². The van der Waals surface area contributed by atoms with Crippen LogP contribution in [-0.4, -0.2) is 27.5 Å². The molecule has 0 spiro atoms. The van der Waals surface area contributed by atoms with Crippen LogP contribution < -0.4 is 10.6 Å². The number of anilines is 2. The number of rotatable bonds is 6. The Morgan fingerprint density at radius 2 is 1.88 bits per heavy atom. The quantitative estimate of drug-likeness (QED) is 0.636. The zero-order chi connectivity index (χ0) is 18.4. The third-order valence-corrected chi connectivity index (χ3v) is 3.81. The molecule has 6 nitrogen and oxygen atoms in total. The van der Waals surface area contributed by atoms with E-state index in [0.717, 1.165) is 16.8 Å². The lowest BCUT2D eigenvalue weighted by Crippen LogP contribution is -2.13. The molecule has 3 rings (SSSR count). The van der Waals surface area contributed by atoms with Gasteiger partial charge in [0.15, 0.2) is 0 Å². The van der Waals surface area contributed by atoms with Crippen LogP contribution in [0.25, 0.3) is 11.3 Å². The van der Waals surface area contributed by atoms with E-state index < -0.39 is 6.10 Å². The number of nitrogens with one attached hydrogen (secondary N) is 2. The predicted molar refractivity (Wildman–Crippen MR) is 102 cm³/mol. The van der Waals surface area contributed by atoms with Crippen LogP contribution in [0.4, 0.5) is 11.5 Å². The van der Waals surface area contributed by atoms with Crippen LogP contribution in [0, 0.1) is 0 Å². The van der Waals surface area contributed by atoms with Crippen LogP contribution in [-0.2, 0) is 4.79 Å². The molecule has 26 heavy (non-hydrogen) atoms. The minimum absolute atomic E-state index is 0.123. The summed E-state index contributed by atoms with van der Waals surface area (Å²) in [6, 6.07) is 18.7. The van der Waals surface area contributed by atoms with Crippen LogP contribution in [0.15, 0.2) is 67.0 Å². The number of aliphatic hydroxyl groups excluding tert-OH is 1. The first kappa shape index (κ1) is 17.6. The van der Waals surface area contributed by atoms with Gasteiger partial charge in [-0.3, -0.25) is 4.79 Å². The smallest absolute Gasteiger partial charge is 0.221 e. The number of aliphatic hydroxyl groups is 1. The number of carbonyl (C=O) groups is 1. The summed E-state index contributed by atoms with van der Waals surface area (Å²) < 4.78 is 0. The molecule has 3 N–H and O–H groups in total. The summed E-state index contributed by atoms with van der Waals surface area (Å²) in [5.74, 6) is 0.497. The number of benzene rings is 2. The lowest BCUT2D eigenvalue weighted by atomic mass is 10.1. The highest BCUT2D eigenvalue weighted by Crippen LogP contribution is 2.22. The molecular weight excluding hydrogens is 328 g/mol. The largest absolute Gasteiger partial charge is 0.387 e. The summed E-state index contributed by atoms with van der Waals surface area (Å²) in [5, 5.41) is 16.1.